The summed E-state index contributed by atoms with van der Waals surface area (Å²) in [5, 5.41) is 36.1. The second-order valence-corrected chi connectivity index (χ2v) is 3.78. The lowest BCUT2D eigenvalue weighted by Crippen LogP contribution is -2.58. The quantitative estimate of drug-likeness (QED) is 0.482. The minimum atomic E-state index is -1.59. The lowest BCUT2D eigenvalue weighted by atomic mass is 9.96. The van der Waals surface area contributed by atoms with E-state index in [4.69, 9.17) is 9.84 Å². The van der Waals surface area contributed by atoms with Gasteiger partial charge in [0.15, 0.2) is 6.10 Å². The van der Waals surface area contributed by atoms with Crippen molar-refractivity contribution in [2.45, 2.75) is 57.7 Å². The highest BCUT2D eigenvalue weighted by atomic mass is 16.6. The topological polar surface area (TPSA) is 107 Å². The molecule has 0 aromatic heterocycles. The maximum Gasteiger partial charge on any atom is 0.335 e. The Labute approximate surface area is 94.5 Å². The van der Waals surface area contributed by atoms with Crippen LogP contribution < -0.4 is 0 Å². The van der Waals surface area contributed by atoms with Gasteiger partial charge in [-0.3, -0.25) is 0 Å². The minimum Gasteiger partial charge on any atom is -0.479 e. The third kappa shape index (κ3) is 3.71. The van der Waals surface area contributed by atoms with Crippen LogP contribution in [0.3, 0.4) is 0 Å². The zero-order valence-electron chi connectivity index (χ0n) is 9.70. The van der Waals surface area contributed by atoms with Crippen molar-refractivity contribution in [1.82, 2.24) is 0 Å². The van der Waals surface area contributed by atoms with Gasteiger partial charge >= 0.3 is 5.97 Å². The summed E-state index contributed by atoms with van der Waals surface area (Å²) in [6.45, 7) is 5.68. The Morgan fingerprint density at radius 2 is 1.56 bits per heavy atom. The van der Waals surface area contributed by atoms with Crippen LogP contribution in [0.25, 0.3) is 0 Å². The molecule has 1 fully saturated rings. The molecule has 0 aromatic rings. The molecule has 1 heterocycles. The predicted molar refractivity (Wildman–Crippen MR) is 56.0 cm³/mol. The van der Waals surface area contributed by atoms with Crippen LogP contribution in [-0.4, -0.2) is 56.9 Å². The van der Waals surface area contributed by atoms with Gasteiger partial charge in [0.1, 0.15) is 18.3 Å². The van der Waals surface area contributed by atoms with Gasteiger partial charge in [0.25, 0.3) is 0 Å². The van der Waals surface area contributed by atoms with Crippen molar-refractivity contribution in [2.75, 3.05) is 0 Å². The molecular formula is C10H20O6. The van der Waals surface area contributed by atoms with Gasteiger partial charge in [-0.05, 0) is 6.92 Å². The summed E-state index contributed by atoms with van der Waals surface area (Å²) in [5.74, 6) is -1.36. The van der Waals surface area contributed by atoms with Crippen LogP contribution in [0.4, 0.5) is 0 Å². The number of carboxylic acids is 1. The first-order valence-corrected chi connectivity index (χ1v) is 5.29. The van der Waals surface area contributed by atoms with E-state index in [1.807, 2.05) is 0 Å². The van der Waals surface area contributed by atoms with E-state index < -0.39 is 36.5 Å². The number of carbonyl (C=O) groups is 1. The van der Waals surface area contributed by atoms with Crippen LogP contribution in [0.15, 0.2) is 0 Å². The Morgan fingerprint density at radius 3 is 1.94 bits per heavy atom. The molecule has 5 unspecified atom stereocenters. The number of hydrogen-bond donors (Lipinski definition) is 4. The fourth-order valence-corrected chi connectivity index (χ4v) is 1.26. The summed E-state index contributed by atoms with van der Waals surface area (Å²) >= 11 is 0. The van der Waals surface area contributed by atoms with E-state index in [0.717, 1.165) is 0 Å². The molecule has 1 saturated heterocycles. The molecule has 0 radical (unpaired) electrons. The van der Waals surface area contributed by atoms with Crippen LogP contribution in [-0.2, 0) is 9.53 Å². The van der Waals surface area contributed by atoms with E-state index in [9.17, 15) is 20.1 Å². The highest BCUT2D eigenvalue weighted by Gasteiger charge is 2.44. The van der Waals surface area contributed by atoms with E-state index in [2.05, 4.69) is 13.8 Å². The summed E-state index contributed by atoms with van der Waals surface area (Å²) in [6, 6.07) is 0. The van der Waals surface area contributed by atoms with Gasteiger partial charge in [-0.15, -0.1) is 0 Å². The van der Waals surface area contributed by atoms with Crippen LogP contribution in [0.1, 0.15) is 27.2 Å². The molecule has 0 aromatic carbocycles. The molecule has 1 aliphatic heterocycles. The summed E-state index contributed by atoms with van der Waals surface area (Å²) in [7, 11) is 0. The summed E-state index contributed by atoms with van der Waals surface area (Å²) in [4.78, 5) is 10.5. The van der Waals surface area contributed by atoms with Crippen LogP contribution in [0.5, 0.6) is 0 Å². The molecule has 0 amide bonds. The molecular weight excluding hydrogens is 216 g/mol. The molecule has 6 nitrogen and oxygen atoms in total. The molecule has 0 spiro atoms. The normalized spacial score (nSPS) is 38.5. The number of carboxylic acid groups (broad SMARTS) is 1. The first-order chi connectivity index (χ1) is 7.36. The molecule has 4 N–H and O–H groups in total. The van der Waals surface area contributed by atoms with E-state index in [1.54, 1.807) is 0 Å². The Hall–Kier alpha value is -0.690. The van der Waals surface area contributed by atoms with Gasteiger partial charge in [-0.2, -0.15) is 0 Å². The number of rotatable bonds is 1. The lowest BCUT2D eigenvalue weighted by Gasteiger charge is -2.37. The van der Waals surface area contributed by atoms with E-state index >= 15 is 0 Å². The number of hydrogen-bond acceptors (Lipinski definition) is 5. The number of ether oxygens (including phenoxy) is 1. The minimum absolute atomic E-state index is 0.806. The van der Waals surface area contributed by atoms with Crippen LogP contribution in [0, 0.1) is 0 Å². The van der Waals surface area contributed by atoms with Crippen molar-refractivity contribution in [3.05, 3.63) is 0 Å². The molecule has 16 heavy (non-hydrogen) atoms. The highest BCUT2D eigenvalue weighted by molar-refractivity contribution is 5.73. The maximum absolute atomic E-state index is 10.5. The van der Waals surface area contributed by atoms with E-state index in [-0.39, 0.29) is 0 Å². The van der Waals surface area contributed by atoms with Crippen molar-refractivity contribution in [2.24, 2.45) is 0 Å². The first kappa shape index (κ1) is 15.3. The monoisotopic (exact) mass is 236 g/mol. The zero-order valence-corrected chi connectivity index (χ0v) is 9.70. The Balaban J connectivity index is 0.000000673. The fraction of sp³-hybridized carbons (Fsp3) is 0.900. The van der Waals surface area contributed by atoms with Gasteiger partial charge < -0.3 is 25.2 Å². The largest absolute Gasteiger partial charge is 0.479 e. The van der Waals surface area contributed by atoms with Gasteiger partial charge in [0, 0.05) is 0 Å². The molecule has 1 aliphatic rings. The SMILES string of the molecule is CC1OC(C(=O)O)C(O)C(O)C1O.CCC. The van der Waals surface area contributed by atoms with Gasteiger partial charge in [0.05, 0.1) is 6.10 Å². The van der Waals surface area contributed by atoms with Crippen molar-refractivity contribution >= 4 is 5.97 Å². The number of aliphatic hydroxyl groups is 3. The predicted octanol–water partition coefficient (Wildman–Crippen LogP) is -0.643. The van der Waals surface area contributed by atoms with Crippen molar-refractivity contribution < 1.29 is 30.0 Å². The second kappa shape index (κ2) is 6.80. The highest BCUT2D eigenvalue weighted by Crippen LogP contribution is 2.20. The molecule has 1 rings (SSSR count). The van der Waals surface area contributed by atoms with Gasteiger partial charge in [-0.1, -0.05) is 20.3 Å². The molecule has 0 saturated carbocycles. The molecule has 6 heteroatoms. The van der Waals surface area contributed by atoms with Crippen molar-refractivity contribution in [1.29, 1.82) is 0 Å². The Kier molecular flexibility index (Phi) is 6.51. The summed E-state index contributed by atoms with van der Waals surface area (Å²) in [5.41, 5.74) is 0. The van der Waals surface area contributed by atoms with E-state index in [1.165, 1.54) is 13.3 Å². The molecule has 0 aliphatic carbocycles. The summed E-state index contributed by atoms with van der Waals surface area (Å²) < 4.78 is 4.78. The fourth-order valence-electron chi connectivity index (χ4n) is 1.26. The average Bonchev–Trinajstić information content (AvgIpc) is 2.21. The summed E-state index contributed by atoms with van der Waals surface area (Å²) in [6.07, 6.45) is -5.37. The number of aliphatic hydroxyl groups excluding tert-OH is 3. The number of aliphatic carboxylic acids is 1. The third-order valence-electron chi connectivity index (χ3n) is 2.10. The van der Waals surface area contributed by atoms with Crippen molar-refractivity contribution in [3.8, 4) is 0 Å². The Bertz CT molecular complexity index is 219. The van der Waals surface area contributed by atoms with Gasteiger partial charge in [0.2, 0.25) is 0 Å². The Morgan fingerprint density at radius 1 is 1.12 bits per heavy atom. The van der Waals surface area contributed by atoms with Crippen LogP contribution >= 0.6 is 0 Å². The van der Waals surface area contributed by atoms with Crippen molar-refractivity contribution in [3.63, 3.8) is 0 Å². The van der Waals surface area contributed by atoms with Gasteiger partial charge in [-0.25, -0.2) is 4.79 Å². The first-order valence-electron chi connectivity index (χ1n) is 5.29. The van der Waals surface area contributed by atoms with E-state index in [0.29, 0.717) is 0 Å². The maximum atomic E-state index is 10.5. The smallest absolute Gasteiger partial charge is 0.335 e. The lowest BCUT2D eigenvalue weighted by molar-refractivity contribution is -0.223. The van der Waals surface area contributed by atoms with Crippen LogP contribution in [0.2, 0.25) is 0 Å². The third-order valence-corrected chi connectivity index (χ3v) is 2.10. The molecule has 96 valence electrons. The zero-order chi connectivity index (χ0) is 12.9. The molecule has 0 bridgehead atoms. The average molecular weight is 236 g/mol. The standard InChI is InChI=1S/C7H12O6.C3H8/c1-2-3(8)4(9)5(10)6(13-2)7(11)12;1-3-2/h2-6,8-10H,1H3,(H,11,12);3H2,1-2H3. The second-order valence-electron chi connectivity index (χ2n) is 3.78. The molecule has 5 atom stereocenters.